The average Bonchev–Trinajstić information content (AvgIpc) is 2.89. The van der Waals surface area contributed by atoms with Gasteiger partial charge in [0.25, 0.3) is 0 Å². The minimum Gasteiger partial charge on any atom is -0.349 e. The third kappa shape index (κ3) is 3.87. The van der Waals surface area contributed by atoms with Crippen LogP contribution in [0.4, 0.5) is 8.78 Å². The molecule has 0 saturated carbocycles. The van der Waals surface area contributed by atoms with Crippen LogP contribution < -0.4 is 5.32 Å². The summed E-state index contributed by atoms with van der Waals surface area (Å²) in [4.78, 5) is 12.9. The quantitative estimate of drug-likeness (QED) is 0.892. The summed E-state index contributed by atoms with van der Waals surface area (Å²) in [6.07, 6.45) is 1.02. The van der Waals surface area contributed by atoms with Crippen LogP contribution in [0.5, 0.6) is 0 Å². The van der Waals surface area contributed by atoms with E-state index in [9.17, 15) is 13.6 Å². The van der Waals surface area contributed by atoms with Crippen molar-refractivity contribution in [2.24, 2.45) is 0 Å². The molecule has 2 aromatic rings. The normalized spacial score (nSPS) is 12.2. The Balaban J connectivity index is 1.90. The molecule has 0 fully saturated rings. The van der Waals surface area contributed by atoms with Gasteiger partial charge in [0.05, 0.1) is 6.04 Å². The van der Waals surface area contributed by atoms with Crippen LogP contribution in [0.2, 0.25) is 0 Å². The maximum atomic E-state index is 13.6. The Bertz CT molecular complexity index is 584. The van der Waals surface area contributed by atoms with Gasteiger partial charge in [-0.05, 0) is 30.9 Å². The van der Waals surface area contributed by atoms with Crippen molar-refractivity contribution in [2.45, 2.75) is 25.8 Å². The number of thiophene rings is 1. The minimum atomic E-state index is -0.643. The van der Waals surface area contributed by atoms with Crippen LogP contribution in [-0.4, -0.2) is 5.91 Å². The maximum absolute atomic E-state index is 13.6. The maximum Gasteiger partial charge on any atom is 0.220 e. The van der Waals surface area contributed by atoms with Crippen LogP contribution in [0.25, 0.3) is 0 Å². The van der Waals surface area contributed by atoms with Crippen molar-refractivity contribution in [3.05, 3.63) is 57.8 Å². The van der Waals surface area contributed by atoms with E-state index >= 15 is 0 Å². The van der Waals surface area contributed by atoms with Crippen molar-refractivity contribution in [2.75, 3.05) is 0 Å². The SMILES string of the molecule is CC(NC(=O)CCc1cccs1)c1ccc(F)cc1F. The van der Waals surface area contributed by atoms with Gasteiger partial charge in [-0.25, -0.2) is 8.78 Å². The zero-order chi connectivity index (χ0) is 14.5. The van der Waals surface area contributed by atoms with E-state index < -0.39 is 17.7 Å². The summed E-state index contributed by atoms with van der Waals surface area (Å²) in [5, 5.41) is 4.68. The number of amides is 1. The number of carbonyl (C=O) groups is 1. The molecule has 0 aliphatic carbocycles. The molecule has 0 saturated heterocycles. The summed E-state index contributed by atoms with van der Waals surface area (Å²) in [5.41, 5.74) is 0.288. The molecule has 0 spiro atoms. The highest BCUT2D eigenvalue weighted by atomic mass is 32.1. The fourth-order valence-corrected chi connectivity index (χ4v) is 2.64. The van der Waals surface area contributed by atoms with Gasteiger partial charge >= 0.3 is 0 Å². The third-order valence-corrected chi connectivity index (χ3v) is 3.92. The Labute approximate surface area is 120 Å². The fourth-order valence-electron chi connectivity index (χ4n) is 1.94. The Kier molecular flexibility index (Phi) is 4.84. The van der Waals surface area contributed by atoms with Gasteiger partial charge in [0, 0.05) is 22.9 Å². The molecule has 1 heterocycles. The lowest BCUT2D eigenvalue weighted by atomic mass is 10.1. The van der Waals surface area contributed by atoms with E-state index in [-0.39, 0.29) is 11.5 Å². The van der Waals surface area contributed by atoms with E-state index in [0.29, 0.717) is 12.8 Å². The number of hydrogen-bond donors (Lipinski definition) is 1. The molecule has 5 heteroatoms. The van der Waals surface area contributed by atoms with Gasteiger partial charge in [-0.1, -0.05) is 12.1 Å². The van der Waals surface area contributed by atoms with Crippen LogP contribution in [0.3, 0.4) is 0 Å². The Hall–Kier alpha value is -1.75. The molecular weight excluding hydrogens is 280 g/mol. The highest BCUT2D eigenvalue weighted by Crippen LogP contribution is 2.18. The molecule has 2 nitrogen and oxygen atoms in total. The standard InChI is InChI=1S/C15H15F2NOS/c1-10(13-6-4-11(16)9-14(13)17)18-15(19)7-5-12-3-2-8-20-12/h2-4,6,8-10H,5,7H2,1H3,(H,18,19). The number of nitrogens with one attached hydrogen (secondary N) is 1. The molecule has 1 N–H and O–H groups in total. The van der Waals surface area contributed by atoms with E-state index in [2.05, 4.69) is 5.32 Å². The molecular formula is C15H15F2NOS. The lowest BCUT2D eigenvalue weighted by Crippen LogP contribution is -2.27. The first-order valence-corrected chi connectivity index (χ1v) is 7.21. The van der Waals surface area contributed by atoms with Gasteiger partial charge < -0.3 is 5.32 Å². The molecule has 1 atom stereocenters. The van der Waals surface area contributed by atoms with Crippen molar-refractivity contribution in [1.29, 1.82) is 0 Å². The first-order valence-electron chi connectivity index (χ1n) is 6.33. The fraction of sp³-hybridized carbons (Fsp3) is 0.267. The first kappa shape index (κ1) is 14.7. The van der Waals surface area contributed by atoms with Gasteiger partial charge in [0.1, 0.15) is 11.6 Å². The number of carbonyl (C=O) groups excluding carboxylic acids is 1. The van der Waals surface area contributed by atoms with Gasteiger partial charge in [0.15, 0.2) is 0 Å². The molecule has 106 valence electrons. The van der Waals surface area contributed by atoms with Crippen LogP contribution in [-0.2, 0) is 11.2 Å². The van der Waals surface area contributed by atoms with E-state index in [4.69, 9.17) is 0 Å². The van der Waals surface area contributed by atoms with Crippen LogP contribution in [0.15, 0.2) is 35.7 Å². The molecule has 20 heavy (non-hydrogen) atoms. The zero-order valence-corrected chi connectivity index (χ0v) is 11.8. The molecule has 1 aromatic heterocycles. The largest absolute Gasteiger partial charge is 0.349 e. The second kappa shape index (κ2) is 6.61. The minimum absolute atomic E-state index is 0.144. The van der Waals surface area contributed by atoms with Crippen LogP contribution in [0.1, 0.15) is 29.8 Å². The van der Waals surface area contributed by atoms with Gasteiger partial charge in [-0.3, -0.25) is 4.79 Å². The van der Waals surface area contributed by atoms with Gasteiger partial charge in [-0.15, -0.1) is 11.3 Å². The predicted molar refractivity (Wildman–Crippen MR) is 75.6 cm³/mol. The van der Waals surface area contributed by atoms with Crippen molar-refractivity contribution in [3.8, 4) is 0 Å². The molecule has 1 amide bonds. The Morgan fingerprint density at radius 2 is 2.15 bits per heavy atom. The second-order valence-corrected chi connectivity index (χ2v) is 5.57. The van der Waals surface area contributed by atoms with Crippen molar-refractivity contribution < 1.29 is 13.6 Å². The molecule has 1 aromatic carbocycles. The van der Waals surface area contributed by atoms with Crippen LogP contribution >= 0.6 is 11.3 Å². The zero-order valence-electron chi connectivity index (χ0n) is 11.0. The first-order chi connectivity index (χ1) is 9.56. The van der Waals surface area contributed by atoms with E-state index in [1.54, 1.807) is 18.3 Å². The molecule has 1 unspecified atom stereocenters. The number of rotatable bonds is 5. The lowest BCUT2D eigenvalue weighted by molar-refractivity contribution is -0.121. The molecule has 0 aliphatic rings. The van der Waals surface area contributed by atoms with Gasteiger partial charge in [0.2, 0.25) is 5.91 Å². The van der Waals surface area contributed by atoms with Crippen molar-refractivity contribution >= 4 is 17.2 Å². The average molecular weight is 295 g/mol. The van der Waals surface area contributed by atoms with E-state index in [1.807, 2.05) is 17.5 Å². The number of benzene rings is 1. The number of halogens is 2. The lowest BCUT2D eigenvalue weighted by Gasteiger charge is -2.15. The molecule has 0 bridgehead atoms. The summed E-state index contributed by atoms with van der Waals surface area (Å²) in [6.45, 7) is 1.68. The van der Waals surface area contributed by atoms with Gasteiger partial charge in [-0.2, -0.15) is 0 Å². The molecule has 0 aliphatic heterocycles. The highest BCUT2D eigenvalue weighted by molar-refractivity contribution is 7.09. The summed E-state index contributed by atoms with van der Waals surface area (Å²) in [5.74, 6) is -1.41. The smallest absolute Gasteiger partial charge is 0.220 e. The Morgan fingerprint density at radius 1 is 1.35 bits per heavy atom. The monoisotopic (exact) mass is 295 g/mol. The predicted octanol–water partition coefficient (Wildman–Crippen LogP) is 3.84. The number of aryl methyl sites for hydroxylation is 1. The van der Waals surface area contributed by atoms with E-state index in [0.717, 1.165) is 10.9 Å². The van der Waals surface area contributed by atoms with Crippen molar-refractivity contribution in [1.82, 2.24) is 5.32 Å². The summed E-state index contributed by atoms with van der Waals surface area (Å²) in [6, 6.07) is 6.80. The topological polar surface area (TPSA) is 29.1 Å². The second-order valence-electron chi connectivity index (χ2n) is 4.53. The van der Waals surface area contributed by atoms with Crippen molar-refractivity contribution in [3.63, 3.8) is 0 Å². The highest BCUT2D eigenvalue weighted by Gasteiger charge is 2.14. The third-order valence-electron chi connectivity index (χ3n) is 2.99. The number of hydrogen-bond acceptors (Lipinski definition) is 2. The van der Waals surface area contributed by atoms with Crippen LogP contribution in [0, 0.1) is 11.6 Å². The molecule has 0 radical (unpaired) electrons. The molecule has 2 rings (SSSR count). The summed E-state index contributed by atoms with van der Waals surface area (Å²) < 4.78 is 26.4. The summed E-state index contributed by atoms with van der Waals surface area (Å²) in [7, 11) is 0. The summed E-state index contributed by atoms with van der Waals surface area (Å²) >= 11 is 1.60. The Morgan fingerprint density at radius 3 is 2.80 bits per heavy atom. The van der Waals surface area contributed by atoms with E-state index in [1.165, 1.54) is 12.1 Å².